The van der Waals surface area contributed by atoms with Crippen molar-refractivity contribution in [1.82, 2.24) is 29.0 Å². The van der Waals surface area contributed by atoms with Gasteiger partial charge in [-0.15, -0.1) is 0 Å². The van der Waals surface area contributed by atoms with E-state index in [1.165, 1.54) is 6.42 Å². The molecule has 1 aliphatic heterocycles. The summed E-state index contributed by atoms with van der Waals surface area (Å²) in [4.78, 5) is 23.2. The Bertz CT molecular complexity index is 872. The second-order valence-electron chi connectivity index (χ2n) is 6.38. The number of rotatable bonds is 4. The Balaban J connectivity index is 1.47. The molecule has 0 aromatic carbocycles. The predicted molar refractivity (Wildman–Crippen MR) is 89.5 cm³/mol. The van der Waals surface area contributed by atoms with Crippen LogP contribution in [0.25, 0.3) is 5.65 Å². The van der Waals surface area contributed by atoms with E-state index < -0.39 is 0 Å². The highest BCUT2D eigenvalue weighted by Crippen LogP contribution is 2.19. The molecule has 1 aliphatic rings. The summed E-state index contributed by atoms with van der Waals surface area (Å²) in [6, 6.07) is 7.26. The Morgan fingerprint density at radius 3 is 3.12 bits per heavy atom. The van der Waals surface area contributed by atoms with Crippen molar-refractivity contribution in [2.45, 2.75) is 25.9 Å². The van der Waals surface area contributed by atoms with Gasteiger partial charge in [0, 0.05) is 31.9 Å². The molecular formula is C17H20N6O. The van der Waals surface area contributed by atoms with Crippen molar-refractivity contribution < 1.29 is 0 Å². The Morgan fingerprint density at radius 1 is 1.29 bits per heavy atom. The first-order valence-electron chi connectivity index (χ1n) is 8.30. The molecule has 0 aliphatic carbocycles. The van der Waals surface area contributed by atoms with Gasteiger partial charge in [-0.3, -0.25) is 18.8 Å². The molecule has 0 N–H and O–H groups in total. The monoisotopic (exact) mass is 324 g/mol. The molecule has 0 bridgehead atoms. The van der Waals surface area contributed by atoms with Crippen LogP contribution < -0.4 is 5.56 Å². The van der Waals surface area contributed by atoms with Crippen LogP contribution in [0.15, 0.2) is 47.9 Å². The van der Waals surface area contributed by atoms with E-state index in [1.807, 2.05) is 22.9 Å². The van der Waals surface area contributed by atoms with E-state index in [-0.39, 0.29) is 5.56 Å². The zero-order valence-electron chi connectivity index (χ0n) is 13.5. The maximum atomic E-state index is 12.2. The zero-order chi connectivity index (χ0) is 16.4. The van der Waals surface area contributed by atoms with E-state index in [1.54, 1.807) is 29.3 Å². The lowest BCUT2D eigenvalue weighted by molar-refractivity contribution is 0.152. The molecule has 1 fully saturated rings. The lowest BCUT2D eigenvalue weighted by atomic mass is 9.98. The van der Waals surface area contributed by atoms with Gasteiger partial charge in [-0.1, -0.05) is 6.07 Å². The first kappa shape index (κ1) is 15.0. The summed E-state index contributed by atoms with van der Waals surface area (Å²) in [7, 11) is 0. The largest absolute Gasteiger partial charge is 0.297 e. The highest BCUT2D eigenvalue weighted by atomic mass is 16.1. The van der Waals surface area contributed by atoms with Gasteiger partial charge in [-0.25, -0.2) is 9.97 Å². The Morgan fingerprint density at radius 2 is 2.25 bits per heavy atom. The predicted octanol–water partition coefficient (Wildman–Crippen LogP) is 1.20. The third kappa shape index (κ3) is 3.21. The van der Waals surface area contributed by atoms with Crippen LogP contribution in [-0.2, 0) is 13.1 Å². The number of hydrogen-bond donors (Lipinski definition) is 0. The van der Waals surface area contributed by atoms with Crippen molar-refractivity contribution in [3.8, 4) is 0 Å². The van der Waals surface area contributed by atoms with Crippen molar-refractivity contribution in [2.24, 2.45) is 5.92 Å². The van der Waals surface area contributed by atoms with E-state index in [0.29, 0.717) is 18.1 Å². The molecule has 0 saturated carbocycles. The van der Waals surface area contributed by atoms with Gasteiger partial charge in [0.05, 0.1) is 5.69 Å². The summed E-state index contributed by atoms with van der Waals surface area (Å²) in [5.41, 5.74) is 1.52. The molecule has 124 valence electrons. The quantitative estimate of drug-likeness (QED) is 0.721. The summed E-state index contributed by atoms with van der Waals surface area (Å²) in [6.07, 6.45) is 7.46. The molecule has 0 spiro atoms. The summed E-state index contributed by atoms with van der Waals surface area (Å²) < 4.78 is 3.47. The lowest BCUT2D eigenvalue weighted by Gasteiger charge is -2.32. The Kier molecular flexibility index (Phi) is 4.08. The molecule has 24 heavy (non-hydrogen) atoms. The maximum Gasteiger partial charge on any atom is 0.258 e. The van der Waals surface area contributed by atoms with Gasteiger partial charge in [0.15, 0.2) is 0 Å². The maximum absolute atomic E-state index is 12.2. The molecule has 3 aromatic heterocycles. The smallest absolute Gasteiger partial charge is 0.258 e. The van der Waals surface area contributed by atoms with Gasteiger partial charge in [0.2, 0.25) is 0 Å². The van der Waals surface area contributed by atoms with Crippen LogP contribution in [0, 0.1) is 5.92 Å². The Hall–Kier alpha value is -2.54. The Labute approximate surface area is 139 Å². The van der Waals surface area contributed by atoms with Crippen molar-refractivity contribution in [2.75, 3.05) is 13.1 Å². The van der Waals surface area contributed by atoms with Crippen LogP contribution in [0.5, 0.6) is 0 Å². The fourth-order valence-electron chi connectivity index (χ4n) is 3.45. The topological polar surface area (TPSA) is 68.3 Å². The number of pyridine rings is 1. The minimum Gasteiger partial charge on any atom is -0.297 e. The number of hydrogen-bond acceptors (Lipinski definition) is 5. The molecule has 0 unspecified atom stereocenters. The van der Waals surface area contributed by atoms with Gasteiger partial charge in [0.25, 0.3) is 5.56 Å². The molecule has 4 rings (SSSR count). The van der Waals surface area contributed by atoms with E-state index in [9.17, 15) is 4.79 Å². The molecular weight excluding hydrogens is 304 g/mol. The molecule has 1 atom stereocenters. The third-order valence-corrected chi connectivity index (χ3v) is 4.52. The lowest BCUT2D eigenvalue weighted by Crippen LogP contribution is -2.37. The molecule has 4 heterocycles. The fraction of sp³-hybridized carbons (Fsp3) is 0.412. The molecule has 7 nitrogen and oxygen atoms in total. The van der Waals surface area contributed by atoms with Crippen molar-refractivity contribution in [3.05, 3.63) is 59.2 Å². The minimum atomic E-state index is -0.0215. The summed E-state index contributed by atoms with van der Waals surface area (Å²) >= 11 is 0. The molecule has 0 amide bonds. The second-order valence-corrected chi connectivity index (χ2v) is 6.38. The normalized spacial score (nSPS) is 18.9. The highest BCUT2D eigenvalue weighted by molar-refractivity contribution is 5.37. The molecule has 3 aromatic rings. The van der Waals surface area contributed by atoms with E-state index in [4.69, 9.17) is 0 Å². The van der Waals surface area contributed by atoms with E-state index >= 15 is 0 Å². The average Bonchev–Trinajstić information content (AvgIpc) is 3.08. The first-order valence-corrected chi connectivity index (χ1v) is 8.30. The SMILES string of the molecule is O=c1cc(CN2CCC[C@@H](Cn3cncn3)C2)nc2ccccn12. The van der Waals surface area contributed by atoms with Crippen LogP contribution in [0.4, 0.5) is 0 Å². The summed E-state index contributed by atoms with van der Waals surface area (Å²) in [5.74, 6) is 0.557. The first-order chi connectivity index (χ1) is 11.8. The standard InChI is InChI=1S/C17H20N6O/c24-17-8-15(20-16-5-1-2-7-23(16)17)11-21-6-3-4-14(9-21)10-22-13-18-12-19-22/h1-2,5,7-8,12-14H,3-4,6,9-11H2/t14-/m1/s1. The number of fused-ring (bicyclic) bond motifs is 1. The van der Waals surface area contributed by atoms with Crippen LogP contribution in [0.2, 0.25) is 0 Å². The molecule has 7 heteroatoms. The van der Waals surface area contributed by atoms with Crippen molar-refractivity contribution in [1.29, 1.82) is 0 Å². The van der Waals surface area contributed by atoms with Crippen molar-refractivity contribution >= 4 is 5.65 Å². The van der Waals surface area contributed by atoms with Gasteiger partial charge in [-0.05, 0) is 37.4 Å². The van der Waals surface area contributed by atoms with Crippen LogP contribution in [0.3, 0.4) is 0 Å². The fourth-order valence-corrected chi connectivity index (χ4v) is 3.45. The van der Waals surface area contributed by atoms with E-state index in [0.717, 1.165) is 31.7 Å². The minimum absolute atomic E-state index is 0.0215. The number of nitrogens with zero attached hydrogens (tertiary/aromatic N) is 6. The molecule has 1 saturated heterocycles. The second kappa shape index (κ2) is 6.52. The van der Waals surface area contributed by atoms with E-state index in [2.05, 4.69) is 20.0 Å². The van der Waals surface area contributed by atoms with Crippen LogP contribution in [-0.4, -0.2) is 42.1 Å². The highest BCUT2D eigenvalue weighted by Gasteiger charge is 2.21. The van der Waals surface area contributed by atoms with Gasteiger partial charge in [-0.2, -0.15) is 5.10 Å². The van der Waals surface area contributed by atoms with Gasteiger partial charge < -0.3 is 0 Å². The number of aromatic nitrogens is 5. The van der Waals surface area contributed by atoms with Crippen molar-refractivity contribution in [3.63, 3.8) is 0 Å². The van der Waals surface area contributed by atoms with Gasteiger partial charge >= 0.3 is 0 Å². The summed E-state index contributed by atoms with van der Waals surface area (Å²) in [6.45, 7) is 3.65. The van der Waals surface area contributed by atoms with Crippen LogP contribution in [0.1, 0.15) is 18.5 Å². The summed E-state index contributed by atoms with van der Waals surface area (Å²) in [5, 5.41) is 4.20. The van der Waals surface area contributed by atoms with Gasteiger partial charge in [0.1, 0.15) is 18.3 Å². The molecule has 0 radical (unpaired) electrons. The number of likely N-dealkylation sites (tertiary alicyclic amines) is 1. The zero-order valence-corrected chi connectivity index (χ0v) is 13.5. The average molecular weight is 324 g/mol. The van der Waals surface area contributed by atoms with Crippen LogP contribution >= 0.6 is 0 Å². The number of piperidine rings is 1. The third-order valence-electron chi connectivity index (χ3n) is 4.52.